The lowest BCUT2D eigenvalue weighted by molar-refractivity contribution is -0.119. The molecule has 2 rings (SSSR count). The first-order chi connectivity index (χ1) is 7.18. The van der Waals surface area contributed by atoms with Crippen LogP contribution in [0.2, 0.25) is 0 Å². The Bertz CT molecular complexity index is 361. The largest absolute Gasteiger partial charge is 0.368 e. The molecule has 1 aliphatic rings. The number of amides is 1. The van der Waals surface area contributed by atoms with E-state index in [0.29, 0.717) is 0 Å². The molecule has 1 aliphatic heterocycles. The van der Waals surface area contributed by atoms with Crippen molar-refractivity contribution in [2.75, 3.05) is 11.4 Å². The van der Waals surface area contributed by atoms with E-state index >= 15 is 0 Å². The first kappa shape index (κ1) is 9.96. The highest BCUT2D eigenvalue weighted by Gasteiger charge is 2.29. The number of nitrogens with two attached hydrogens (primary N) is 1. The third kappa shape index (κ3) is 1.93. The lowest BCUT2D eigenvalue weighted by atomic mass is 10.2. The molecule has 0 unspecified atom stereocenters. The number of nitrogens with zero attached hydrogens (tertiary/aromatic N) is 2. The van der Waals surface area contributed by atoms with Crippen molar-refractivity contribution in [1.29, 1.82) is 0 Å². The molecule has 1 amide bonds. The standard InChI is InChI=1S/C11H15N3O/c1-8-4-5-9(7-13-8)14-6-2-3-10(14)11(12)15/h4-5,7,10H,2-3,6H2,1H3,(H2,12,15)/t10-/m0/s1. The Balaban J connectivity index is 2.22. The van der Waals surface area contributed by atoms with E-state index in [-0.39, 0.29) is 11.9 Å². The summed E-state index contributed by atoms with van der Waals surface area (Å²) in [5.41, 5.74) is 7.32. The van der Waals surface area contributed by atoms with Gasteiger partial charge in [-0.3, -0.25) is 9.78 Å². The van der Waals surface area contributed by atoms with E-state index < -0.39 is 0 Å². The van der Waals surface area contributed by atoms with Crippen LogP contribution in [-0.4, -0.2) is 23.5 Å². The van der Waals surface area contributed by atoms with Gasteiger partial charge in [-0.1, -0.05) is 0 Å². The summed E-state index contributed by atoms with van der Waals surface area (Å²) in [6, 6.07) is 3.78. The minimum Gasteiger partial charge on any atom is -0.368 e. The summed E-state index contributed by atoms with van der Waals surface area (Å²) in [5.74, 6) is -0.243. The monoisotopic (exact) mass is 205 g/mol. The van der Waals surface area contributed by atoms with Gasteiger partial charge in [0.15, 0.2) is 0 Å². The van der Waals surface area contributed by atoms with Crippen molar-refractivity contribution in [2.24, 2.45) is 5.73 Å². The molecule has 1 fully saturated rings. The van der Waals surface area contributed by atoms with Crippen LogP contribution in [0.5, 0.6) is 0 Å². The van der Waals surface area contributed by atoms with Gasteiger partial charge in [-0.25, -0.2) is 0 Å². The van der Waals surface area contributed by atoms with Crippen molar-refractivity contribution in [3.8, 4) is 0 Å². The molecule has 0 saturated carbocycles. The van der Waals surface area contributed by atoms with Crippen LogP contribution in [0.15, 0.2) is 18.3 Å². The highest BCUT2D eigenvalue weighted by Crippen LogP contribution is 2.24. The molecule has 15 heavy (non-hydrogen) atoms. The third-order valence-corrected chi connectivity index (χ3v) is 2.81. The van der Waals surface area contributed by atoms with Crippen LogP contribution >= 0.6 is 0 Å². The lowest BCUT2D eigenvalue weighted by Crippen LogP contribution is -2.40. The first-order valence-corrected chi connectivity index (χ1v) is 5.17. The van der Waals surface area contributed by atoms with Crippen molar-refractivity contribution in [1.82, 2.24) is 4.98 Å². The average molecular weight is 205 g/mol. The Morgan fingerprint density at radius 1 is 1.60 bits per heavy atom. The van der Waals surface area contributed by atoms with Gasteiger partial charge in [-0.15, -0.1) is 0 Å². The Labute approximate surface area is 89.1 Å². The van der Waals surface area contributed by atoms with Gasteiger partial charge >= 0.3 is 0 Å². The topological polar surface area (TPSA) is 59.2 Å². The zero-order chi connectivity index (χ0) is 10.8. The molecule has 4 heteroatoms. The summed E-state index contributed by atoms with van der Waals surface area (Å²) >= 11 is 0. The highest BCUT2D eigenvalue weighted by atomic mass is 16.1. The van der Waals surface area contributed by atoms with Crippen molar-refractivity contribution >= 4 is 11.6 Å². The van der Waals surface area contributed by atoms with Gasteiger partial charge in [-0.2, -0.15) is 0 Å². The molecule has 0 bridgehead atoms. The zero-order valence-electron chi connectivity index (χ0n) is 8.81. The van der Waals surface area contributed by atoms with Crippen LogP contribution < -0.4 is 10.6 Å². The normalized spacial score (nSPS) is 20.6. The molecule has 2 heterocycles. The molecule has 0 radical (unpaired) electrons. The number of aromatic nitrogens is 1. The molecular formula is C11H15N3O. The third-order valence-electron chi connectivity index (χ3n) is 2.81. The maximum Gasteiger partial charge on any atom is 0.240 e. The Morgan fingerprint density at radius 3 is 3.00 bits per heavy atom. The molecule has 1 atom stereocenters. The molecule has 0 aliphatic carbocycles. The molecule has 0 aromatic carbocycles. The Hall–Kier alpha value is -1.58. The number of carbonyl (C=O) groups is 1. The molecule has 80 valence electrons. The summed E-state index contributed by atoms with van der Waals surface area (Å²) < 4.78 is 0. The van der Waals surface area contributed by atoms with Gasteiger partial charge in [0.25, 0.3) is 0 Å². The number of pyridine rings is 1. The fourth-order valence-electron chi connectivity index (χ4n) is 2.00. The van der Waals surface area contributed by atoms with E-state index in [1.54, 1.807) is 6.20 Å². The summed E-state index contributed by atoms with van der Waals surface area (Å²) in [6.07, 6.45) is 3.67. The van der Waals surface area contributed by atoms with E-state index in [1.807, 2.05) is 24.0 Å². The van der Waals surface area contributed by atoms with Crippen LogP contribution in [0.1, 0.15) is 18.5 Å². The molecule has 0 spiro atoms. The van der Waals surface area contributed by atoms with E-state index in [2.05, 4.69) is 4.98 Å². The van der Waals surface area contributed by atoms with Gasteiger partial charge in [0.2, 0.25) is 5.91 Å². The second kappa shape index (κ2) is 3.88. The summed E-state index contributed by atoms with van der Waals surface area (Å²) in [5, 5.41) is 0. The smallest absolute Gasteiger partial charge is 0.240 e. The number of anilines is 1. The van der Waals surface area contributed by atoms with Gasteiger partial charge < -0.3 is 10.6 Å². The molecule has 1 aromatic rings. The number of primary amides is 1. The second-order valence-corrected chi connectivity index (χ2v) is 3.91. The number of carbonyl (C=O) groups excluding carboxylic acids is 1. The molecule has 1 saturated heterocycles. The Kier molecular flexibility index (Phi) is 2.58. The number of rotatable bonds is 2. The van der Waals surface area contributed by atoms with Gasteiger partial charge in [0.05, 0.1) is 11.9 Å². The van der Waals surface area contributed by atoms with Crippen LogP contribution in [0.25, 0.3) is 0 Å². The maximum absolute atomic E-state index is 11.2. The fraction of sp³-hybridized carbons (Fsp3) is 0.455. The molecule has 4 nitrogen and oxygen atoms in total. The Morgan fingerprint density at radius 2 is 2.40 bits per heavy atom. The number of hydrogen-bond donors (Lipinski definition) is 1. The SMILES string of the molecule is Cc1ccc(N2CCC[C@H]2C(N)=O)cn1. The van der Waals surface area contributed by atoms with Gasteiger partial charge in [0, 0.05) is 12.2 Å². The number of aryl methyl sites for hydroxylation is 1. The summed E-state index contributed by atoms with van der Waals surface area (Å²) in [7, 11) is 0. The quantitative estimate of drug-likeness (QED) is 0.778. The van der Waals surface area contributed by atoms with Crippen molar-refractivity contribution < 1.29 is 4.79 Å². The highest BCUT2D eigenvalue weighted by molar-refractivity contribution is 5.84. The van der Waals surface area contributed by atoms with Crippen LogP contribution in [0.4, 0.5) is 5.69 Å². The van der Waals surface area contributed by atoms with Crippen molar-refractivity contribution in [2.45, 2.75) is 25.8 Å². The first-order valence-electron chi connectivity index (χ1n) is 5.17. The summed E-state index contributed by atoms with van der Waals surface area (Å²) in [6.45, 7) is 2.83. The van der Waals surface area contributed by atoms with E-state index in [0.717, 1.165) is 30.8 Å². The van der Waals surface area contributed by atoms with Crippen LogP contribution in [0, 0.1) is 6.92 Å². The molecular weight excluding hydrogens is 190 g/mol. The molecule has 2 N–H and O–H groups in total. The zero-order valence-corrected chi connectivity index (χ0v) is 8.81. The van der Waals surface area contributed by atoms with Gasteiger partial charge in [0.1, 0.15) is 6.04 Å². The van der Waals surface area contributed by atoms with Crippen molar-refractivity contribution in [3.63, 3.8) is 0 Å². The predicted molar refractivity (Wildman–Crippen MR) is 58.5 cm³/mol. The average Bonchev–Trinajstić information content (AvgIpc) is 2.67. The number of hydrogen-bond acceptors (Lipinski definition) is 3. The fourth-order valence-corrected chi connectivity index (χ4v) is 2.00. The van der Waals surface area contributed by atoms with E-state index in [1.165, 1.54) is 0 Å². The minimum atomic E-state index is -0.243. The minimum absolute atomic E-state index is 0.158. The second-order valence-electron chi connectivity index (χ2n) is 3.91. The van der Waals surface area contributed by atoms with E-state index in [9.17, 15) is 4.79 Å². The predicted octanol–water partition coefficient (Wildman–Crippen LogP) is 0.844. The van der Waals surface area contributed by atoms with Crippen LogP contribution in [-0.2, 0) is 4.79 Å². The van der Waals surface area contributed by atoms with Gasteiger partial charge in [-0.05, 0) is 31.9 Å². The van der Waals surface area contributed by atoms with E-state index in [4.69, 9.17) is 5.73 Å². The van der Waals surface area contributed by atoms with Crippen LogP contribution in [0.3, 0.4) is 0 Å². The maximum atomic E-state index is 11.2. The lowest BCUT2D eigenvalue weighted by Gasteiger charge is -2.23. The molecule has 1 aromatic heterocycles. The van der Waals surface area contributed by atoms with Crippen molar-refractivity contribution in [3.05, 3.63) is 24.0 Å². The summed E-state index contributed by atoms with van der Waals surface area (Å²) in [4.78, 5) is 17.5.